The highest BCUT2D eigenvalue weighted by Gasteiger charge is 2.22. The lowest BCUT2D eigenvalue weighted by Gasteiger charge is -2.15. The molecule has 5 heteroatoms. The zero-order valence-electron chi connectivity index (χ0n) is 8.48. The van der Waals surface area contributed by atoms with Crippen LogP contribution in [0.25, 0.3) is 0 Å². The SMILES string of the molecule is COc1cccc(OC)c1C(S)C([NH])=O. The highest BCUT2D eigenvalue weighted by Crippen LogP contribution is 2.36. The number of hydrogen-bond donors (Lipinski definition) is 1. The lowest BCUT2D eigenvalue weighted by atomic mass is 10.1. The molecule has 0 aliphatic rings. The summed E-state index contributed by atoms with van der Waals surface area (Å²) in [6.45, 7) is 0. The molecule has 4 nitrogen and oxygen atoms in total. The maximum Gasteiger partial charge on any atom is 0.256 e. The van der Waals surface area contributed by atoms with Gasteiger partial charge in [0.1, 0.15) is 16.7 Å². The predicted molar refractivity (Wildman–Crippen MR) is 59.4 cm³/mol. The molecule has 0 saturated carbocycles. The van der Waals surface area contributed by atoms with Gasteiger partial charge in [0.2, 0.25) is 0 Å². The second-order valence-electron chi connectivity index (χ2n) is 2.84. The van der Waals surface area contributed by atoms with Gasteiger partial charge < -0.3 is 9.47 Å². The largest absolute Gasteiger partial charge is 0.496 e. The molecule has 1 aromatic rings. The average molecular weight is 226 g/mol. The van der Waals surface area contributed by atoms with Crippen LogP contribution < -0.4 is 15.2 Å². The van der Waals surface area contributed by atoms with E-state index in [1.54, 1.807) is 18.2 Å². The number of methoxy groups -OCH3 is 2. The minimum absolute atomic E-state index is 0.492. The summed E-state index contributed by atoms with van der Waals surface area (Å²) in [6.07, 6.45) is 0. The van der Waals surface area contributed by atoms with Gasteiger partial charge in [0, 0.05) is 0 Å². The van der Waals surface area contributed by atoms with E-state index in [9.17, 15) is 4.79 Å². The molecule has 0 aliphatic carbocycles. The van der Waals surface area contributed by atoms with Gasteiger partial charge >= 0.3 is 0 Å². The fourth-order valence-electron chi connectivity index (χ4n) is 1.28. The monoisotopic (exact) mass is 226 g/mol. The van der Waals surface area contributed by atoms with E-state index in [1.807, 2.05) is 0 Å². The van der Waals surface area contributed by atoms with Crippen LogP contribution in [-0.2, 0) is 4.79 Å². The Bertz CT molecular complexity index is 345. The summed E-state index contributed by atoms with van der Waals surface area (Å²) >= 11 is 4.06. The molecule has 1 radical (unpaired) electrons. The summed E-state index contributed by atoms with van der Waals surface area (Å²) < 4.78 is 10.2. The summed E-state index contributed by atoms with van der Waals surface area (Å²) in [4.78, 5) is 11.0. The molecule has 0 heterocycles. The molecular weight excluding hydrogens is 214 g/mol. The summed E-state index contributed by atoms with van der Waals surface area (Å²) in [5, 5.41) is -0.851. The second-order valence-corrected chi connectivity index (χ2v) is 3.36. The maximum atomic E-state index is 11.0. The van der Waals surface area contributed by atoms with Crippen molar-refractivity contribution >= 4 is 18.5 Å². The summed E-state index contributed by atoms with van der Waals surface area (Å²) in [6, 6.07) is 5.14. The normalized spacial score (nSPS) is 11.9. The Morgan fingerprint density at radius 3 is 2.13 bits per heavy atom. The third-order valence-electron chi connectivity index (χ3n) is 1.99. The van der Waals surface area contributed by atoms with E-state index in [0.717, 1.165) is 0 Å². The van der Waals surface area contributed by atoms with E-state index in [1.165, 1.54) is 14.2 Å². The van der Waals surface area contributed by atoms with Crippen LogP contribution in [0.4, 0.5) is 0 Å². The first-order chi connectivity index (χ1) is 7.11. The standard InChI is InChI=1S/C10H12NO3S/c1-13-6-4-3-5-7(14-2)8(6)9(15)10(11)12/h3-5,9,11,15H,1-2H3. The molecule has 0 aliphatic heterocycles. The number of carbonyl (C=O) groups excluding carboxylic acids is 1. The molecule has 1 atom stereocenters. The van der Waals surface area contributed by atoms with Gasteiger partial charge in [-0.15, -0.1) is 0 Å². The van der Waals surface area contributed by atoms with Crippen molar-refractivity contribution in [3.05, 3.63) is 23.8 Å². The molecule has 0 spiro atoms. The molecule has 1 N–H and O–H groups in total. The molecule has 0 aromatic heterocycles. The van der Waals surface area contributed by atoms with Crippen LogP contribution in [-0.4, -0.2) is 20.1 Å². The number of rotatable bonds is 4. The molecular formula is C10H12NO3S. The number of carbonyl (C=O) groups is 1. The van der Waals surface area contributed by atoms with Crippen LogP contribution in [0.1, 0.15) is 10.8 Å². The van der Waals surface area contributed by atoms with Gasteiger partial charge in [0.15, 0.2) is 0 Å². The fraction of sp³-hybridized carbons (Fsp3) is 0.300. The third kappa shape index (κ3) is 2.36. The number of benzene rings is 1. The van der Waals surface area contributed by atoms with E-state index < -0.39 is 11.2 Å². The summed E-state index contributed by atoms with van der Waals surface area (Å²) in [7, 11) is 2.99. The minimum atomic E-state index is -0.851. The van der Waals surface area contributed by atoms with Gasteiger partial charge in [-0.25, -0.2) is 0 Å². The Kier molecular flexibility index (Phi) is 3.85. The van der Waals surface area contributed by atoms with E-state index >= 15 is 0 Å². The highest BCUT2D eigenvalue weighted by atomic mass is 32.1. The Morgan fingerprint density at radius 2 is 1.80 bits per heavy atom. The third-order valence-corrected chi connectivity index (χ3v) is 2.48. The lowest BCUT2D eigenvalue weighted by molar-refractivity contribution is -0.118. The predicted octanol–water partition coefficient (Wildman–Crippen LogP) is 1.48. The van der Waals surface area contributed by atoms with Crippen molar-refractivity contribution in [3.63, 3.8) is 0 Å². The second kappa shape index (κ2) is 4.93. The lowest BCUT2D eigenvalue weighted by Crippen LogP contribution is -2.10. The topological polar surface area (TPSA) is 59.3 Å². The van der Waals surface area contributed by atoms with Crippen molar-refractivity contribution in [1.29, 1.82) is 0 Å². The van der Waals surface area contributed by atoms with Crippen LogP contribution >= 0.6 is 12.6 Å². The fourth-order valence-corrected chi connectivity index (χ4v) is 1.53. The molecule has 1 amide bonds. The molecule has 1 unspecified atom stereocenters. The number of nitrogens with one attached hydrogen (secondary N) is 1. The first-order valence-electron chi connectivity index (χ1n) is 4.26. The van der Waals surface area contributed by atoms with E-state index in [0.29, 0.717) is 17.1 Å². The van der Waals surface area contributed by atoms with Gasteiger partial charge in [0.05, 0.1) is 19.8 Å². The van der Waals surface area contributed by atoms with Crippen molar-refractivity contribution in [1.82, 2.24) is 5.73 Å². The first kappa shape index (κ1) is 11.7. The van der Waals surface area contributed by atoms with Crippen molar-refractivity contribution in [2.45, 2.75) is 5.25 Å². The molecule has 0 fully saturated rings. The van der Waals surface area contributed by atoms with Gasteiger partial charge in [-0.1, -0.05) is 6.07 Å². The molecule has 1 aromatic carbocycles. The van der Waals surface area contributed by atoms with Crippen LogP contribution in [0.2, 0.25) is 0 Å². The van der Waals surface area contributed by atoms with Crippen molar-refractivity contribution < 1.29 is 14.3 Å². The van der Waals surface area contributed by atoms with Crippen LogP contribution in [0.5, 0.6) is 11.5 Å². The molecule has 81 valence electrons. The number of thiol groups is 1. The van der Waals surface area contributed by atoms with Crippen molar-refractivity contribution in [2.24, 2.45) is 0 Å². The quantitative estimate of drug-likeness (QED) is 0.791. The zero-order chi connectivity index (χ0) is 11.4. The maximum absolute atomic E-state index is 11.0. The number of ether oxygens (including phenoxy) is 2. The Labute approximate surface area is 93.8 Å². The van der Waals surface area contributed by atoms with Crippen molar-refractivity contribution in [2.75, 3.05) is 14.2 Å². The van der Waals surface area contributed by atoms with Crippen LogP contribution in [0.3, 0.4) is 0 Å². The number of amides is 1. The summed E-state index contributed by atoms with van der Waals surface area (Å²) in [5.74, 6) is 0.200. The highest BCUT2D eigenvalue weighted by molar-refractivity contribution is 7.81. The van der Waals surface area contributed by atoms with Gasteiger partial charge in [0.25, 0.3) is 5.91 Å². The molecule has 15 heavy (non-hydrogen) atoms. The first-order valence-corrected chi connectivity index (χ1v) is 4.77. The van der Waals surface area contributed by atoms with E-state index in [4.69, 9.17) is 15.2 Å². The molecule has 0 bridgehead atoms. The van der Waals surface area contributed by atoms with Crippen molar-refractivity contribution in [3.8, 4) is 11.5 Å². The molecule has 1 rings (SSSR count). The van der Waals surface area contributed by atoms with E-state index in [-0.39, 0.29) is 0 Å². The zero-order valence-corrected chi connectivity index (χ0v) is 9.38. The van der Waals surface area contributed by atoms with Gasteiger partial charge in [-0.3, -0.25) is 10.5 Å². The van der Waals surface area contributed by atoms with Gasteiger partial charge in [-0.2, -0.15) is 12.6 Å². The Morgan fingerprint density at radius 1 is 1.33 bits per heavy atom. The average Bonchev–Trinajstić information content (AvgIpc) is 2.26. The number of hydrogen-bond acceptors (Lipinski definition) is 4. The summed E-state index contributed by atoms with van der Waals surface area (Å²) in [5.41, 5.74) is 7.53. The minimum Gasteiger partial charge on any atom is -0.496 e. The smallest absolute Gasteiger partial charge is 0.256 e. The Hall–Kier alpha value is -1.36. The van der Waals surface area contributed by atoms with Crippen LogP contribution in [0.15, 0.2) is 18.2 Å². The molecule has 0 saturated heterocycles. The Balaban J connectivity index is 3.27. The van der Waals surface area contributed by atoms with Crippen LogP contribution in [0, 0.1) is 0 Å². The van der Waals surface area contributed by atoms with E-state index in [2.05, 4.69) is 12.6 Å². The van der Waals surface area contributed by atoms with Gasteiger partial charge in [-0.05, 0) is 12.1 Å².